The van der Waals surface area contributed by atoms with Gasteiger partial charge in [-0.3, -0.25) is 9.59 Å². The molecule has 0 aliphatic carbocycles. The van der Waals surface area contributed by atoms with E-state index in [2.05, 4.69) is 5.32 Å². The van der Waals surface area contributed by atoms with Crippen LogP contribution in [-0.4, -0.2) is 88.2 Å². The van der Waals surface area contributed by atoms with Crippen molar-refractivity contribution in [1.29, 1.82) is 0 Å². The van der Waals surface area contributed by atoms with E-state index >= 15 is 0 Å². The van der Waals surface area contributed by atoms with E-state index in [9.17, 15) is 29.3 Å². The van der Waals surface area contributed by atoms with Gasteiger partial charge >= 0.3 is 11.9 Å². The highest BCUT2D eigenvalue weighted by Crippen LogP contribution is 2.39. The van der Waals surface area contributed by atoms with Gasteiger partial charge in [0.15, 0.2) is 0 Å². The summed E-state index contributed by atoms with van der Waals surface area (Å²) >= 11 is 5.95. The lowest BCUT2D eigenvalue weighted by Gasteiger charge is -2.32. The van der Waals surface area contributed by atoms with E-state index in [-0.39, 0.29) is 55.1 Å². The van der Waals surface area contributed by atoms with Gasteiger partial charge < -0.3 is 39.6 Å². The summed E-state index contributed by atoms with van der Waals surface area (Å²) in [6.45, 7) is 12.2. The molecule has 12 heteroatoms. The fourth-order valence-electron chi connectivity index (χ4n) is 6.56. The number of nitrogens with one attached hydrogen (secondary N) is 1. The molecule has 1 aromatic rings. The quantitative estimate of drug-likeness (QED) is 0.0909. The molecule has 50 heavy (non-hydrogen) atoms. The Morgan fingerprint density at radius 2 is 1.98 bits per heavy atom. The summed E-state index contributed by atoms with van der Waals surface area (Å²) in [5.41, 5.74) is -1.93. The van der Waals surface area contributed by atoms with E-state index in [1.54, 1.807) is 63.5 Å². The molecule has 1 fully saturated rings. The van der Waals surface area contributed by atoms with Crippen molar-refractivity contribution in [2.75, 3.05) is 7.11 Å². The number of benzene rings is 1. The van der Waals surface area contributed by atoms with Crippen molar-refractivity contribution in [1.82, 2.24) is 5.32 Å². The van der Waals surface area contributed by atoms with Crippen LogP contribution in [0.3, 0.4) is 0 Å². The predicted octanol–water partition coefficient (Wildman–Crippen LogP) is 5.35. The number of halogens is 2. The molecule has 11 atom stereocenters. The average molecular weight is 724 g/mol. The Hall–Kier alpha value is -2.64. The highest BCUT2D eigenvalue weighted by molar-refractivity contribution is 6.30. The second-order valence-electron chi connectivity index (χ2n) is 14.1. The maximum Gasteiger partial charge on any atom is 0.309 e. The van der Waals surface area contributed by atoms with Crippen LogP contribution in [0.25, 0.3) is 0 Å². The molecule has 0 saturated carbocycles. The van der Waals surface area contributed by atoms with Crippen LogP contribution in [0, 0.1) is 17.7 Å². The standard InChI is InChI=1S/C38H55ClFNO9/c1-9-30(47-8)24(4)34-35(50-34)36(41-21-26-13-14-27(39)19-29(26)40)38(7,46)17-10-11-22(2)33-23(3)12-15-31(48-25(5)42)37(6,45)18-16-28(43)20-32(44)49-33/h10-15,17,19,23-24,28,30-31,33-36,41,43,45-46H,9,16,18,20-21H2,1-8H3/b15-12+,17-10+,22-11+/t23-,24+,28+,30-,31-,33-,34+,35-,36?,37+,38?/m0/s1. The van der Waals surface area contributed by atoms with Gasteiger partial charge in [0.1, 0.15) is 29.7 Å². The molecule has 2 aliphatic rings. The normalized spacial score (nSPS) is 31.8. The number of hydrogen-bond acceptors (Lipinski definition) is 10. The van der Waals surface area contributed by atoms with Crippen molar-refractivity contribution in [3.8, 4) is 0 Å². The molecular formula is C38H55ClFNO9. The molecule has 0 amide bonds. The lowest BCUT2D eigenvalue weighted by atomic mass is 9.87. The minimum Gasteiger partial charge on any atom is -0.457 e. The van der Waals surface area contributed by atoms with Crippen LogP contribution in [0.5, 0.6) is 0 Å². The van der Waals surface area contributed by atoms with Gasteiger partial charge in [0.05, 0.1) is 36.4 Å². The predicted molar refractivity (Wildman–Crippen MR) is 189 cm³/mol. The van der Waals surface area contributed by atoms with Gasteiger partial charge in [0.25, 0.3) is 0 Å². The van der Waals surface area contributed by atoms with Crippen molar-refractivity contribution in [3.63, 3.8) is 0 Å². The number of rotatable bonds is 13. The number of aliphatic hydroxyl groups is 3. The molecule has 2 aliphatic heterocycles. The molecular weight excluding hydrogens is 669 g/mol. The lowest BCUT2D eigenvalue weighted by molar-refractivity contribution is -0.157. The first kappa shape index (κ1) is 41.8. The smallest absolute Gasteiger partial charge is 0.309 e. The number of carbonyl (C=O) groups excluding carboxylic acids is 2. The third kappa shape index (κ3) is 11.7. The van der Waals surface area contributed by atoms with Crippen molar-refractivity contribution in [2.24, 2.45) is 11.8 Å². The van der Waals surface area contributed by atoms with Crippen molar-refractivity contribution < 1.29 is 48.2 Å². The highest BCUT2D eigenvalue weighted by Gasteiger charge is 2.54. The maximum atomic E-state index is 14.7. The summed E-state index contributed by atoms with van der Waals surface area (Å²) in [5, 5.41) is 37.0. The Balaban J connectivity index is 1.89. The van der Waals surface area contributed by atoms with Gasteiger partial charge in [0.2, 0.25) is 0 Å². The van der Waals surface area contributed by atoms with Gasteiger partial charge in [-0.25, -0.2) is 4.39 Å². The Kier molecular flexibility index (Phi) is 15.2. The summed E-state index contributed by atoms with van der Waals surface area (Å²) < 4.78 is 37.7. The van der Waals surface area contributed by atoms with Crippen LogP contribution in [-0.2, 0) is 35.1 Å². The zero-order chi connectivity index (χ0) is 37.4. The van der Waals surface area contributed by atoms with E-state index in [1.807, 2.05) is 20.8 Å². The molecule has 0 radical (unpaired) electrons. The molecule has 0 bridgehead atoms. The van der Waals surface area contributed by atoms with E-state index in [4.69, 9.17) is 30.5 Å². The first-order valence-corrected chi connectivity index (χ1v) is 17.7. The van der Waals surface area contributed by atoms with Crippen LogP contribution in [0.15, 0.2) is 54.2 Å². The summed E-state index contributed by atoms with van der Waals surface area (Å²) in [6.07, 6.45) is 5.56. The van der Waals surface area contributed by atoms with Gasteiger partial charge in [-0.05, 0) is 63.8 Å². The third-order valence-electron chi connectivity index (χ3n) is 9.72. The van der Waals surface area contributed by atoms with E-state index in [0.29, 0.717) is 11.1 Å². The Labute approximate surface area is 300 Å². The molecule has 4 N–H and O–H groups in total. The van der Waals surface area contributed by atoms with Crippen molar-refractivity contribution >= 4 is 23.5 Å². The molecule has 3 rings (SSSR count). The second-order valence-corrected chi connectivity index (χ2v) is 14.6. The molecule has 280 valence electrons. The van der Waals surface area contributed by atoms with Gasteiger partial charge in [-0.1, -0.05) is 62.7 Å². The molecule has 0 aromatic heterocycles. The molecule has 0 spiro atoms. The summed E-state index contributed by atoms with van der Waals surface area (Å²) in [7, 11) is 1.66. The fourth-order valence-corrected chi connectivity index (χ4v) is 6.71. The summed E-state index contributed by atoms with van der Waals surface area (Å²) in [4.78, 5) is 24.7. The molecule has 2 heterocycles. The van der Waals surface area contributed by atoms with Gasteiger partial charge in [-0.15, -0.1) is 0 Å². The zero-order valence-corrected chi connectivity index (χ0v) is 31.2. The van der Waals surface area contributed by atoms with Crippen molar-refractivity contribution in [3.05, 3.63) is 70.6 Å². The maximum absolute atomic E-state index is 14.7. The average Bonchev–Trinajstić information content (AvgIpc) is 3.82. The third-order valence-corrected chi connectivity index (χ3v) is 9.95. The number of allylic oxidation sites excluding steroid dienone is 2. The number of carbonyl (C=O) groups is 2. The Morgan fingerprint density at radius 3 is 2.60 bits per heavy atom. The van der Waals surface area contributed by atoms with Gasteiger partial charge in [0, 0.05) is 43.0 Å². The van der Waals surface area contributed by atoms with E-state index < -0.39 is 59.2 Å². The van der Waals surface area contributed by atoms with Gasteiger partial charge in [-0.2, -0.15) is 0 Å². The number of cyclic esters (lactones) is 1. The number of aliphatic hydroxyl groups excluding tert-OH is 1. The Bertz CT molecular complexity index is 1390. The Morgan fingerprint density at radius 1 is 1.28 bits per heavy atom. The first-order valence-electron chi connectivity index (χ1n) is 17.3. The monoisotopic (exact) mass is 723 g/mol. The summed E-state index contributed by atoms with van der Waals surface area (Å²) in [6, 6.07) is 3.81. The van der Waals surface area contributed by atoms with Crippen LogP contribution < -0.4 is 5.32 Å². The molecule has 1 saturated heterocycles. The first-order chi connectivity index (χ1) is 23.4. The van der Waals surface area contributed by atoms with Crippen LogP contribution in [0.2, 0.25) is 5.02 Å². The zero-order valence-electron chi connectivity index (χ0n) is 30.4. The minimum atomic E-state index is -1.48. The lowest BCUT2D eigenvalue weighted by Crippen LogP contribution is -2.52. The highest BCUT2D eigenvalue weighted by atomic mass is 35.5. The SMILES string of the molecule is CC[C@H](OC)[C@@H](C)[C@H]1O[C@@H]1C(NCc1ccc(Cl)cc1F)C(C)(O)/C=C/C=C(\C)[C@@H]1OC(=O)C[C@H](O)CC[C@@](C)(O)[C@@H](OC(C)=O)/C=C/[C@@H]1C. The topological polar surface area (TPSA) is 147 Å². The molecule has 10 nitrogen and oxygen atoms in total. The van der Waals surface area contributed by atoms with Crippen molar-refractivity contribution in [2.45, 2.75) is 135 Å². The van der Waals surface area contributed by atoms with E-state index in [0.717, 1.165) is 6.42 Å². The van der Waals surface area contributed by atoms with E-state index in [1.165, 1.54) is 19.9 Å². The number of epoxide rings is 1. The van der Waals surface area contributed by atoms with Crippen LogP contribution in [0.4, 0.5) is 4.39 Å². The second kappa shape index (κ2) is 18.2. The molecule has 1 aromatic carbocycles. The largest absolute Gasteiger partial charge is 0.457 e. The van der Waals surface area contributed by atoms with Crippen LogP contribution >= 0.6 is 11.6 Å². The summed E-state index contributed by atoms with van der Waals surface area (Å²) in [5.74, 6) is -2.01. The van der Waals surface area contributed by atoms with Crippen LogP contribution in [0.1, 0.15) is 79.7 Å². The minimum absolute atomic E-state index is 0.0355. The molecule has 2 unspecified atom stereocenters. The fraction of sp³-hybridized carbons (Fsp3) is 0.632. The number of hydrogen-bond donors (Lipinski definition) is 4. The number of methoxy groups -OCH3 is 1. The number of ether oxygens (including phenoxy) is 4. The number of esters is 2.